The van der Waals surface area contributed by atoms with Crippen molar-refractivity contribution in [3.05, 3.63) is 90.0 Å². The number of carboxylic acids is 1. The SMILES string of the molecule is CCC(C(=O)O)c1ccc(Sc2ccc(NCCc3ccccc3)cc2)cc1. The van der Waals surface area contributed by atoms with Gasteiger partial charge in [-0.2, -0.15) is 0 Å². The molecule has 3 nitrogen and oxygen atoms in total. The van der Waals surface area contributed by atoms with Crippen molar-refractivity contribution in [2.24, 2.45) is 0 Å². The maximum absolute atomic E-state index is 11.3. The molecular formula is C24H25NO2S. The molecule has 0 aliphatic rings. The Morgan fingerprint density at radius 3 is 2.11 bits per heavy atom. The minimum Gasteiger partial charge on any atom is -0.481 e. The molecular weight excluding hydrogens is 366 g/mol. The van der Waals surface area contributed by atoms with Crippen molar-refractivity contribution in [2.75, 3.05) is 11.9 Å². The molecule has 0 spiro atoms. The van der Waals surface area contributed by atoms with Gasteiger partial charge < -0.3 is 10.4 Å². The highest BCUT2D eigenvalue weighted by Crippen LogP contribution is 2.30. The van der Waals surface area contributed by atoms with E-state index in [4.69, 9.17) is 0 Å². The lowest BCUT2D eigenvalue weighted by Gasteiger charge is -2.11. The van der Waals surface area contributed by atoms with E-state index in [9.17, 15) is 9.90 Å². The fourth-order valence-corrected chi connectivity index (χ4v) is 3.91. The van der Waals surface area contributed by atoms with E-state index in [1.165, 1.54) is 5.56 Å². The molecule has 1 atom stereocenters. The monoisotopic (exact) mass is 391 g/mol. The number of hydrogen-bond donors (Lipinski definition) is 2. The quantitative estimate of drug-likeness (QED) is 0.465. The maximum Gasteiger partial charge on any atom is 0.310 e. The number of carbonyl (C=O) groups is 1. The predicted molar refractivity (Wildman–Crippen MR) is 116 cm³/mol. The van der Waals surface area contributed by atoms with Crippen LogP contribution in [-0.4, -0.2) is 17.6 Å². The van der Waals surface area contributed by atoms with Gasteiger partial charge in [0.1, 0.15) is 0 Å². The smallest absolute Gasteiger partial charge is 0.310 e. The summed E-state index contributed by atoms with van der Waals surface area (Å²) in [5.41, 5.74) is 3.30. The van der Waals surface area contributed by atoms with E-state index in [0.29, 0.717) is 6.42 Å². The Hall–Kier alpha value is -2.72. The van der Waals surface area contributed by atoms with Gasteiger partial charge in [0.05, 0.1) is 5.92 Å². The van der Waals surface area contributed by atoms with E-state index >= 15 is 0 Å². The zero-order valence-electron chi connectivity index (χ0n) is 16.0. The molecule has 4 heteroatoms. The number of nitrogens with one attached hydrogen (secondary N) is 1. The first-order chi connectivity index (χ1) is 13.7. The molecule has 3 aromatic rings. The van der Waals surface area contributed by atoms with Crippen LogP contribution in [0.15, 0.2) is 88.7 Å². The summed E-state index contributed by atoms with van der Waals surface area (Å²) in [6.45, 7) is 2.80. The van der Waals surface area contributed by atoms with Gasteiger partial charge in [-0.3, -0.25) is 4.79 Å². The summed E-state index contributed by atoms with van der Waals surface area (Å²) in [5.74, 6) is -1.20. The Morgan fingerprint density at radius 1 is 0.929 bits per heavy atom. The number of benzene rings is 3. The van der Waals surface area contributed by atoms with Crippen molar-refractivity contribution < 1.29 is 9.90 Å². The summed E-state index contributed by atoms with van der Waals surface area (Å²) < 4.78 is 0. The maximum atomic E-state index is 11.3. The number of rotatable bonds is 9. The Morgan fingerprint density at radius 2 is 1.54 bits per heavy atom. The normalized spacial score (nSPS) is 11.8. The number of anilines is 1. The van der Waals surface area contributed by atoms with Crippen LogP contribution in [0.3, 0.4) is 0 Å². The summed E-state index contributed by atoms with van der Waals surface area (Å²) in [5, 5.41) is 12.7. The minimum absolute atomic E-state index is 0.430. The van der Waals surface area contributed by atoms with Gasteiger partial charge >= 0.3 is 5.97 Å². The largest absolute Gasteiger partial charge is 0.481 e. The van der Waals surface area contributed by atoms with E-state index in [1.54, 1.807) is 11.8 Å². The second-order valence-electron chi connectivity index (χ2n) is 6.66. The van der Waals surface area contributed by atoms with Crippen LogP contribution < -0.4 is 5.32 Å². The molecule has 0 saturated heterocycles. The average Bonchev–Trinajstić information content (AvgIpc) is 2.72. The lowest BCUT2D eigenvalue weighted by Crippen LogP contribution is -2.10. The van der Waals surface area contributed by atoms with E-state index in [0.717, 1.165) is 34.0 Å². The first kappa shape index (κ1) is 20.0. The summed E-state index contributed by atoms with van der Waals surface area (Å²) in [7, 11) is 0. The van der Waals surface area contributed by atoms with E-state index in [-0.39, 0.29) is 0 Å². The van der Waals surface area contributed by atoms with Crippen molar-refractivity contribution in [2.45, 2.75) is 35.5 Å². The summed E-state index contributed by atoms with van der Waals surface area (Å²) in [6.07, 6.45) is 1.60. The van der Waals surface area contributed by atoms with E-state index < -0.39 is 11.9 Å². The zero-order chi connectivity index (χ0) is 19.8. The lowest BCUT2D eigenvalue weighted by molar-refractivity contribution is -0.138. The molecule has 1 unspecified atom stereocenters. The standard InChI is InChI=1S/C24H25NO2S/c1-2-23(24(26)27)19-8-12-21(13-9-19)28-22-14-10-20(11-15-22)25-17-16-18-6-4-3-5-7-18/h3-15,23,25H,2,16-17H2,1H3,(H,26,27). The molecule has 0 aliphatic heterocycles. The Kier molecular flexibility index (Phi) is 7.15. The van der Waals surface area contributed by atoms with Gasteiger partial charge in [-0.05, 0) is 60.4 Å². The van der Waals surface area contributed by atoms with Gasteiger partial charge in [-0.1, -0.05) is 61.2 Å². The first-order valence-corrected chi connectivity index (χ1v) is 10.4. The van der Waals surface area contributed by atoms with Gasteiger partial charge in [0.15, 0.2) is 0 Å². The first-order valence-electron chi connectivity index (χ1n) is 9.54. The Bertz CT molecular complexity index is 877. The van der Waals surface area contributed by atoms with Gasteiger partial charge in [-0.25, -0.2) is 0 Å². The van der Waals surface area contributed by atoms with E-state index in [2.05, 4.69) is 53.8 Å². The molecule has 3 rings (SSSR count). The molecule has 0 bridgehead atoms. The zero-order valence-corrected chi connectivity index (χ0v) is 16.8. The van der Waals surface area contributed by atoms with Crippen LogP contribution in [0.1, 0.15) is 30.4 Å². The highest BCUT2D eigenvalue weighted by atomic mass is 32.2. The molecule has 0 saturated carbocycles. The molecule has 3 aromatic carbocycles. The van der Waals surface area contributed by atoms with Crippen molar-refractivity contribution in [1.29, 1.82) is 0 Å². The third kappa shape index (κ3) is 5.64. The molecule has 0 aromatic heterocycles. The molecule has 0 heterocycles. The van der Waals surface area contributed by atoms with Crippen LogP contribution in [0.5, 0.6) is 0 Å². The van der Waals surface area contributed by atoms with Gasteiger partial charge in [0, 0.05) is 22.0 Å². The molecule has 144 valence electrons. The molecule has 0 fully saturated rings. The highest BCUT2D eigenvalue weighted by molar-refractivity contribution is 7.99. The van der Waals surface area contributed by atoms with Crippen molar-refractivity contribution in [1.82, 2.24) is 0 Å². The summed E-state index contributed by atoms with van der Waals surface area (Å²) >= 11 is 1.68. The third-order valence-corrected chi connectivity index (χ3v) is 5.68. The fraction of sp³-hybridized carbons (Fsp3) is 0.208. The molecule has 0 radical (unpaired) electrons. The van der Waals surface area contributed by atoms with Crippen LogP contribution in [0.2, 0.25) is 0 Å². The van der Waals surface area contributed by atoms with Crippen molar-refractivity contribution >= 4 is 23.4 Å². The van der Waals surface area contributed by atoms with Crippen molar-refractivity contribution in [3.8, 4) is 0 Å². The molecule has 2 N–H and O–H groups in total. The molecule has 28 heavy (non-hydrogen) atoms. The topological polar surface area (TPSA) is 49.3 Å². The minimum atomic E-state index is -0.766. The van der Waals surface area contributed by atoms with Crippen LogP contribution in [0.4, 0.5) is 5.69 Å². The number of hydrogen-bond acceptors (Lipinski definition) is 3. The Balaban J connectivity index is 1.53. The summed E-state index contributed by atoms with van der Waals surface area (Å²) in [4.78, 5) is 13.5. The van der Waals surface area contributed by atoms with Gasteiger partial charge in [0.2, 0.25) is 0 Å². The lowest BCUT2D eigenvalue weighted by atomic mass is 9.97. The van der Waals surface area contributed by atoms with Crippen LogP contribution in [0.25, 0.3) is 0 Å². The van der Waals surface area contributed by atoms with Crippen LogP contribution >= 0.6 is 11.8 Å². The summed E-state index contributed by atoms with van der Waals surface area (Å²) in [6, 6.07) is 26.7. The third-order valence-electron chi connectivity index (χ3n) is 4.66. The molecule has 0 aliphatic carbocycles. The highest BCUT2D eigenvalue weighted by Gasteiger charge is 2.17. The van der Waals surface area contributed by atoms with Crippen LogP contribution in [0, 0.1) is 0 Å². The van der Waals surface area contributed by atoms with Gasteiger partial charge in [0.25, 0.3) is 0 Å². The number of aliphatic carboxylic acids is 1. The Labute approximate surface area is 170 Å². The molecule has 0 amide bonds. The van der Waals surface area contributed by atoms with Gasteiger partial charge in [-0.15, -0.1) is 0 Å². The number of carboxylic acid groups (broad SMARTS) is 1. The van der Waals surface area contributed by atoms with E-state index in [1.807, 2.05) is 37.3 Å². The fourth-order valence-electron chi connectivity index (χ4n) is 3.09. The average molecular weight is 392 g/mol. The second kappa shape index (κ2) is 10.00. The van der Waals surface area contributed by atoms with Crippen LogP contribution in [-0.2, 0) is 11.2 Å². The van der Waals surface area contributed by atoms with Crippen molar-refractivity contribution in [3.63, 3.8) is 0 Å². The second-order valence-corrected chi connectivity index (χ2v) is 7.80. The predicted octanol–water partition coefficient (Wildman–Crippen LogP) is 6.07.